The molecular formula is C10H21ClN2O2S. The molecule has 0 spiro atoms. The Morgan fingerprint density at radius 2 is 2.31 bits per heavy atom. The maximum atomic E-state index is 11.6. The minimum Gasteiger partial charge on any atom is -0.393 e. The van der Waals surface area contributed by atoms with Gasteiger partial charge < -0.3 is 10.4 Å². The van der Waals surface area contributed by atoms with E-state index in [0.717, 1.165) is 18.1 Å². The highest BCUT2D eigenvalue weighted by molar-refractivity contribution is 7.99. The Morgan fingerprint density at radius 1 is 1.62 bits per heavy atom. The number of aliphatic hydroxyl groups excluding tert-OH is 1. The Labute approximate surface area is 107 Å². The molecule has 96 valence electrons. The van der Waals surface area contributed by atoms with Gasteiger partial charge in [-0.1, -0.05) is 6.92 Å². The molecule has 1 rings (SSSR count). The van der Waals surface area contributed by atoms with E-state index in [2.05, 4.69) is 10.6 Å². The SMILES string of the molecule is CC(O)CC(C)CNC(=O)[C@H]1CSCN1.Cl. The van der Waals surface area contributed by atoms with Crippen molar-refractivity contribution in [3.8, 4) is 0 Å². The maximum absolute atomic E-state index is 11.6. The molecule has 2 unspecified atom stereocenters. The maximum Gasteiger partial charge on any atom is 0.238 e. The van der Waals surface area contributed by atoms with Crippen LogP contribution in [0.15, 0.2) is 0 Å². The largest absolute Gasteiger partial charge is 0.393 e. The van der Waals surface area contributed by atoms with Crippen LogP contribution < -0.4 is 10.6 Å². The fourth-order valence-electron chi connectivity index (χ4n) is 1.63. The van der Waals surface area contributed by atoms with Gasteiger partial charge in [-0.05, 0) is 19.3 Å². The molecule has 0 aromatic heterocycles. The van der Waals surface area contributed by atoms with E-state index in [9.17, 15) is 9.90 Å². The minimum atomic E-state index is -0.294. The van der Waals surface area contributed by atoms with Crippen LogP contribution in [0.4, 0.5) is 0 Å². The summed E-state index contributed by atoms with van der Waals surface area (Å²) in [4.78, 5) is 11.6. The van der Waals surface area contributed by atoms with Gasteiger partial charge in [0, 0.05) is 18.2 Å². The summed E-state index contributed by atoms with van der Waals surface area (Å²) in [6.07, 6.45) is 0.435. The van der Waals surface area contributed by atoms with Crippen molar-refractivity contribution in [2.75, 3.05) is 18.2 Å². The quantitative estimate of drug-likeness (QED) is 0.683. The zero-order chi connectivity index (χ0) is 11.3. The van der Waals surface area contributed by atoms with Crippen LogP contribution in [-0.2, 0) is 4.79 Å². The molecule has 1 saturated heterocycles. The smallest absolute Gasteiger partial charge is 0.238 e. The molecule has 6 heteroatoms. The lowest BCUT2D eigenvalue weighted by Gasteiger charge is -2.16. The van der Waals surface area contributed by atoms with Gasteiger partial charge in [0.05, 0.1) is 12.1 Å². The molecule has 1 aliphatic heterocycles. The van der Waals surface area contributed by atoms with E-state index in [1.807, 2.05) is 6.92 Å². The fourth-order valence-corrected chi connectivity index (χ4v) is 2.57. The number of aliphatic hydroxyl groups is 1. The van der Waals surface area contributed by atoms with Gasteiger partial charge in [0.2, 0.25) is 5.91 Å². The highest BCUT2D eigenvalue weighted by Crippen LogP contribution is 2.10. The molecular weight excluding hydrogens is 248 g/mol. The lowest BCUT2D eigenvalue weighted by molar-refractivity contribution is -0.122. The first-order chi connectivity index (χ1) is 7.09. The lowest BCUT2D eigenvalue weighted by atomic mass is 10.0. The molecule has 4 nitrogen and oxygen atoms in total. The van der Waals surface area contributed by atoms with Crippen LogP contribution in [0.25, 0.3) is 0 Å². The Hall–Kier alpha value is 0.0300. The average molecular weight is 269 g/mol. The molecule has 0 aromatic carbocycles. The molecule has 3 atom stereocenters. The number of nitrogens with one attached hydrogen (secondary N) is 2. The molecule has 0 radical (unpaired) electrons. The topological polar surface area (TPSA) is 61.4 Å². The standard InChI is InChI=1S/C10H20N2O2S.ClH/c1-7(3-8(2)13)4-11-10(14)9-5-15-6-12-9;/h7-9,12-13H,3-6H2,1-2H3,(H,11,14);1H/t7?,8?,9-;/m1./s1. The number of carbonyl (C=O) groups is 1. The first-order valence-corrected chi connectivity index (χ1v) is 6.52. The summed E-state index contributed by atoms with van der Waals surface area (Å²) in [5, 5.41) is 15.2. The highest BCUT2D eigenvalue weighted by Gasteiger charge is 2.22. The predicted octanol–water partition coefficient (Wildman–Crippen LogP) is 0.594. The second-order valence-corrected chi connectivity index (χ2v) is 5.24. The number of hydrogen-bond acceptors (Lipinski definition) is 4. The van der Waals surface area contributed by atoms with Gasteiger partial charge in [0.1, 0.15) is 0 Å². The molecule has 16 heavy (non-hydrogen) atoms. The molecule has 1 fully saturated rings. The third-order valence-corrected chi connectivity index (χ3v) is 3.34. The second kappa shape index (κ2) is 8.17. The average Bonchev–Trinajstić information content (AvgIpc) is 2.65. The van der Waals surface area contributed by atoms with Crippen molar-refractivity contribution in [3.05, 3.63) is 0 Å². The van der Waals surface area contributed by atoms with Crippen molar-refractivity contribution < 1.29 is 9.90 Å². The van der Waals surface area contributed by atoms with E-state index in [1.54, 1.807) is 18.7 Å². The number of hydrogen-bond donors (Lipinski definition) is 3. The van der Waals surface area contributed by atoms with Gasteiger partial charge in [0.25, 0.3) is 0 Å². The van der Waals surface area contributed by atoms with Crippen molar-refractivity contribution >= 4 is 30.1 Å². The summed E-state index contributed by atoms with van der Waals surface area (Å²) in [6.45, 7) is 4.45. The summed E-state index contributed by atoms with van der Waals surface area (Å²) in [5.74, 6) is 2.12. The Balaban J connectivity index is 0.00000225. The van der Waals surface area contributed by atoms with Gasteiger partial charge in [0.15, 0.2) is 0 Å². The van der Waals surface area contributed by atoms with Crippen LogP contribution in [0.1, 0.15) is 20.3 Å². The van der Waals surface area contributed by atoms with E-state index >= 15 is 0 Å². The molecule has 3 N–H and O–H groups in total. The van der Waals surface area contributed by atoms with E-state index < -0.39 is 0 Å². The molecule has 1 amide bonds. The van der Waals surface area contributed by atoms with Crippen LogP contribution in [-0.4, -0.2) is 41.3 Å². The summed E-state index contributed by atoms with van der Waals surface area (Å²) < 4.78 is 0. The van der Waals surface area contributed by atoms with Crippen molar-refractivity contribution in [1.29, 1.82) is 0 Å². The van der Waals surface area contributed by atoms with E-state index in [1.165, 1.54) is 0 Å². The number of thioether (sulfide) groups is 1. The number of rotatable bonds is 5. The van der Waals surface area contributed by atoms with Crippen LogP contribution in [0.2, 0.25) is 0 Å². The molecule has 1 aliphatic rings. The van der Waals surface area contributed by atoms with Gasteiger partial charge >= 0.3 is 0 Å². The molecule has 0 aliphatic carbocycles. The molecule has 1 heterocycles. The Bertz CT molecular complexity index is 211. The summed E-state index contributed by atoms with van der Waals surface area (Å²) in [6, 6.07) is -0.0336. The Kier molecular flexibility index (Phi) is 8.18. The fraction of sp³-hybridized carbons (Fsp3) is 0.900. The second-order valence-electron chi connectivity index (χ2n) is 4.21. The predicted molar refractivity (Wildman–Crippen MR) is 70.0 cm³/mol. The first-order valence-electron chi connectivity index (χ1n) is 5.36. The molecule has 0 aromatic rings. The minimum absolute atomic E-state index is 0. The van der Waals surface area contributed by atoms with Crippen molar-refractivity contribution in [2.45, 2.75) is 32.4 Å². The molecule has 0 bridgehead atoms. The summed E-state index contributed by atoms with van der Waals surface area (Å²) in [7, 11) is 0. The van der Waals surface area contributed by atoms with Crippen LogP contribution >= 0.6 is 24.2 Å². The van der Waals surface area contributed by atoms with Gasteiger partial charge in [-0.2, -0.15) is 0 Å². The number of halogens is 1. The Morgan fingerprint density at radius 3 is 2.81 bits per heavy atom. The molecule has 0 saturated carbocycles. The first kappa shape index (κ1) is 16.0. The van der Waals surface area contributed by atoms with Crippen LogP contribution in [0.5, 0.6) is 0 Å². The number of amides is 1. The van der Waals surface area contributed by atoms with Gasteiger partial charge in [-0.25, -0.2) is 0 Å². The zero-order valence-electron chi connectivity index (χ0n) is 9.73. The summed E-state index contributed by atoms with van der Waals surface area (Å²) in [5.41, 5.74) is 0. The van der Waals surface area contributed by atoms with Gasteiger partial charge in [-0.3, -0.25) is 10.1 Å². The normalized spacial score (nSPS) is 23.3. The van der Waals surface area contributed by atoms with Gasteiger partial charge in [-0.15, -0.1) is 24.2 Å². The third kappa shape index (κ3) is 5.94. The lowest BCUT2D eigenvalue weighted by Crippen LogP contribution is -2.43. The zero-order valence-corrected chi connectivity index (χ0v) is 11.4. The number of carbonyl (C=O) groups excluding carboxylic acids is 1. The highest BCUT2D eigenvalue weighted by atomic mass is 35.5. The van der Waals surface area contributed by atoms with Crippen molar-refractivity contribution in [3.63, 3.8) is 0 Å². The van der Waals surface area contributed by atoms with Crippen LogP contribution in [0, 0.1) is 5.92 Å². The summed E-state index contributed by atoms with van der Waals surface area (Å²) >= 11 is 1.74. The van der Waals surface area contributed by atoms with E-state index in [-0.39, 0.29) is 30.5 Å². The van der Waals surface area contributed by atoms with Crippen molar-refractivity contribution in [2.24, 2.45) is 5.92 Å². The van der Waals surface area contributed by atoms with E-state index in [0.29, 0.717) is 12.5 Å². The monoisotopic (exact) mass is 268 g/mol. The van der Waals surface area contributed by atoms with E-state index in [4.69, 9.17) is 0 Å². The van der Waals surface area contributed by atoms with Crippen molar-refractivity contribution in [1.82, 2.24) is 10.6 Å². The van der Waals surface area contributed by atoms with Crippen LogP contribution in [0.3, 0.4) is 0 Å². The third-order valence-electron chi connectivity index (χ3n) is 2.40.